The smallest absolute Gasteiger partial charge is 0.305 e. The Morgan fingerprint density at radius 3 is 2.43 bits per heavy atom. The number of nitrogens with zero attached hydrogens (tertiary/aromatic N) is 2. The monoisotopic (exact) mass is 318 g/mol. The largest absolute Gasteiger partial charge is 0.481 e. The standard InChI is InChI=1S/C18H26N2O3/c1-18(2,3)13-20-10-9-19(12-14-7-5-4-6-8-14)17(23)15(20)11-16(21)22/h4-8,15H,9-13H2,1-3H3,(H,21,22). The molecule has 2 rings (SSSR count). The van der Waals surface area contributed by atoms with Gasteiger partial charge in [0.15, 0.2) is 0 Å². The molecule has 1 N–H and O–H groups in total. The Hall–Kier alpha value is -1.88. The van der Waals surface area contributed by atoms with E-state index in [9.17, 15) is 14.7 Å². The molecule has 1 atom stereocenters. The lowest BCUT2D eigenvalue weighted by Gasteiger charge is -2.42. The third-order valence-corrected chi connectivity index (χ3v) is 3.96. The minimum Gasteiger partial charge on any atom is -0.481 e. The summed E-state index contributed by atoms with van der Waals surface area (Å²) in [6.45, 7) is 8.92. The first-order chi connectivity index (χ1) is 10.8. The second-order valence-corrected chi connectivity index (χ2v) is 7.39. The summed E-state index contributed by atoms with van der Waals surface area (Å²) in [5.41, 5.74) is 1.10. The van der Waals surface area contributed by atoms with E-state index in [4.69, 9.17) is 0 Å². The molecule has 0 bridgehead atoms. The second kappa shape index (κ2) is 7.13. The van der Waals surface area contributed by atoms with Gasteiger partial charge in [0.1, 0.15) is 0 Å². The summed E-state index contributed by atoms with van der Waals surface area (Å²) in [4.78, 5) is 27.8. The van der Waals surface area contributed by atoms with Crippen molar-refractivity contribution in [2.75, 3.05) is 19.6 Å². The van der Waals surface area contributed by atoms with Crippen molar-refractivity contribution in [2.24, 2.45) is 5.41 Å². The molecule has 1 aliphatic rings. The van der Waals surface area contributed by atoms with Gasteiger partial charge >= 0.3 is 5.97 Å². The van der Waals surface area contributed by atoms with Gasteiger partial charge in [-0.3, -0.25) is 14.5 Å². The van der Waals surface area contributed by atoms with E-state index in [1.165, 1.54) is 0 Å². The van der Waals surface area contributed by atoms with Crippen LogP contribution in [0.4, 0.5) is 0 Å². The van der Waals surface area contributed by atoms with Gasteiger partial charge in [0.2, 0.25) is 5.91 Å². The van der Waals surface area contributed by atoms with Gasteiger partial charge in [-0.25, -0.2) is 0 Å². The SMILES string of the molecule is CC(C)(C)CN1CCN(Cc2ccccc2)C(=O)C1CC(=O)O. The molecule has 0 aromatic heterocycles. The van der Waals surface area contributed by atoms with Gasteiger partial charge < -0.3 is 10.0 Å². The maximum Gasteiger partial charge on any atom is 0.305 e. The molecule has 5 nitrogen and oxygen atoms in total. The summed E-state index contributed by atoms with van der Waals surface area (Å²) in [6, 6.07) is 9.25. The van der Waals surface area contributed by atoms with Crippen LogP contribution in [-0.2, 0) is 16.1 Å². The third-order valence-electron chi connectivity index (χ3n) is 3.96. The van der Waals surface area contributed by atoms with Crippen LogP contribution in [0.15, 0.2) is 30.3 Å². The molecule has 1 aromatic rings. The first kappa shape index (κ1) is 17.5. The number of carboxylic acids is 1. The number of rotatable bonds is 5. The van der Waals surface area contributed by atoms with Crippen LogP contribution < -0.4 is 0 Å². The average Bonchev–Trinajstić information content (AvgIpc) is 2.45. The second-order valence-electron chi connectivity index (χ2n) is 7.39. The molecule has 0 saturated carbocycles. The summed E-state index contributed by atoms with van der Waals surface area (Å²) in [6.07, 6.45) is -0.139. The van der Waals surface area contributed by atoms with Crippen LogP contribution in [0.25, 0.3) is 0 Å². The summed E-state index contributed by atoms with van der Waals surface area (Å²) in [5, 5.41) is 9.18. The highest BCUT2D eigenvalue weighted by Gasteiger charge is 2.37. The van der Waals surface area contributed by atoms with Crippen LogP contribution in [0.3, 0.4) is 0 Å². The summed E-state index contributed by atoms with van der Waals surface area (Å²) < 4.78 is 0. The molecule has 1 amide bonds. The molecule has 1 unspecified atom stereocenters. The summed E-state index contributed by atoms with van der Waals surface area (Å²) >= 11 is 0. The third kappa shape index (κ3) is 5.06. The lowest BCUT2D eigenvalue weighted by molar-refractivity contribution is -0.150. The fourth-order valence-electron chi connectivity index (χ4n) is 3.02. The normalized spacial score (nSPS) is 19.9. The van der Waals surface area contributed by atoms with Crippen LogP contribution in [0, 0.1) is 5.41 Å². The van der Waals surface area contributed by atoms with Gasteiger partial charge in [-0.05, 0) is 11.0 Å². The fraction of sp³-hybridized carbons (Fsp3) is 0.556. The van der Waals surface area contributed by atoms with Crippen LogP contribution in [-0.4, -0.2) is 52.5 Å². The van der Waals surface area contributed by atoms with Crippen LogP contribution in [0.5, 0.6) is 0 Å². The van der Waals surface area contributed by atoms with E-state index in [1.807, 2.05) is 35.2 Å². The molecule has 0 spiro atoms. The van der Waals surface area contributed by atoms with Gasteiger partial charge in [-0.15, -0.1) is 0 Å². The highest BCUT2D eigenvalue weighted by atomic mass is 16.4. The van der Waals surface area contributed by atoms with Gasteiger partial charge in [0, 0.05) is 26.2 Å². The fourth-order valence-corrected chi connectivity index (χ4v) is 3.02. The zero-order valence-electron chi connectivity index (χ0n) is 14.2. The van der Waals surface area contributed by atoms with Crippen molar-refractivity contribution in [3.8, 4) is 0 Å². The number of piperazine rings is 1. The van der Waals surface area contributed by atoms with Crippen molar-refractivity contribution in [1.82, 2.24) is 9.80 Å². The number of hydrogen-bond donors (Lipinski definition) is 1. The Labute approximate surface area is 137 Å². The number of carbonyl (C=O) groups is 2. The highest BCUT2D eigenvalue weighted by molar-refractivity contribution is 5.86. The molecule has 1 aliphatic heterocycles. The number of hydrogen-bond acceptors (Lipinski definition) is 3. The number of amides is 1. The maximum atomic E-state index is 12.8. The maximum absolute atomic E-state index is 12.8. The Morgan fingerprint density at radius 1 is 1.22 bits per heavy atom. The van der Waals surface area contributed by atoms with Crippen LogP contribution in [0.1, 0.15) is 32.8 Å². The zero-order chi connectivity index (χ0) is 17.0. The number of carbonyl (C=O) groups excluding carboxylic acids is 1. The summed E-state index contributed by atoms with van der Waals surface area (Å²) in [5.74, 6) is -1.00. The first-order valence-corrected chi connectivity index (χ1v) is 8.05. The van der Waals surface area contributed by atoms with Crippen molar-refractivity contribution in [1.29, 1.82) is 0 Å². The Morgan fingerprint density at radius 2 is 1.87 bits per heavy atom. The van der Waals surface area contributed by atoms with E-state index in [-0.39, 0.29) is 17.7 Å². The molecule has 0 aliphatic carbocycles. The Bertz CT molecular complexity index is 551. The molecular formula is C18H26N2O3. The predicted octanol–water partition coefficient (Wildman–Crippen LogP) is 2.22. The van der Waals surface area contributed by atoms with Crippen LogP contribution in [0.2, 0.25) is 0 Å². The molecule has 1 aromatic carbocycles. The number of carboxylic acid groups (broad SMARTS) is 1. The van der Waals surface area contributed by atoms with Crippen molar-refractivity contribution in [3.63, 3.8) is 0 Å². The number of benzene rings is 1. The topological polar surface area (TPSA) is 60.9 Å². The first-order valence-electron chi connectivity index (χ1n) is 8.05. The molecule has 1 saturated heterocycles. The van der Waals surface area contributed by atoms with E-state index in [0.29, 0.717) is 19.6 Å². The minimum atomic E-state index is -0.927. The van der Waals surface area contributed by atoms with Gasteiger partial charge in [0.05, 0.1) is 12.5 Å². The van der Waals surface area contributed by atoms with Crippen molar-refractivity contribution in [3.05, 3.63) is 35.9 Å². The van der Waals surface area contributed by atoms with Gasteiger partial charge in [-0.1, -0.05) is 51.1 Å². The quantitative estimate of drug-likeness (QED) is 0.904. The number of aliphatic carboxylic acids is 1. The molecule has 126 valence electrons. The van der Waals surface area contributed by atoms with E-state index in [2.05, 4.69) is 20.8 Å². The van der Waals surface area contributed by atoms with Crippen molar-refractivity contribution >= 4 is 11.9 Å². The predicted molar refractivity (Wildman–Crippen MR) is 88.9 cm³/mol. The molecular weight excluding hydrogens is 292 g/mol. The van der Waals surface area contributed by atoms with Crippen molar-refractivity contribution < 1.29 is 14.7 Å². The highest BCUT2D eigenvalue weighted by Crippen LogP contribution is 2.23. The minimum absolute atomic E-state index is 0.0264. The molecule has 1 heterocycles. The van der Waals surface area contributed by atoms with Gasteiger partial charge in [0.25, 0.3) is 0 Å². The average molecular weight is 318 g/mol. The van der Waals surface area contributed by atoms with Crippen LogP contribution >= 0.6 is 0 Å². The Kier molecular flexibility index (Phi) is 5.42. The van der Waals surface area contributed by atoms with Gasteiger partial charge in [-0.2, -0.15) is 0 Å². The van der Waals surface area contributed by atoms with E-state index >= 15 is 0 Å². The molecule has 23 heavy (non-hydrogen) atoms. The molecule has 0 radical (unpaired) electrons. The summed E-state index contributed by atoms with van der Waals surface area (Å²) in [7, 11) is 0. The van der Waals surface area contributed by atoms with E-state index in [0.717, 1.165) is 12.1 Å². The molecule has 5 heteroatoms. The Balaban J connectivity index is 2.12. The van der Waals surface area contributed by atoms with E-state index in [1.54, 1.807) is 4.90 Å². The lowest BCUT2D eigenvalue weighted by atomic mass is 9.93. The molecule has 1 fully saturated rings. The lowest BCUT2D eigenvalue weighted by Crippen LogP contribution is -2.58. The van der Waals surface area contributed by atoms with E-state index < -0.39 is 12.0 Å². The van der Waals surface area contributed by atoms with Crippen molar-refractivity contribution in [2.45, 2.75) is 39.8 Å². The zero-order valence-corrected chi connectivity index (χ0v) is 14.2.